The number of ether oxygens (including phenoxy) is 1. The van der Waals surface area contributed by atoms with Gasteiger partial charge in [0.2, 0.25) is 0 Å². The molecule has 1 atom stereocenters. The first-order valence-electron chi connectivity index (χ1n) is 4.90. The van der Waals surface area contributed by atoms with Gasteiger partial charge in [-0.05, 0) is 26.3 Å². The van der Waals surface area contributed by atoms with Crippen molar-refractivity contribution in [1.29, 1.82) is 0 Å². The minimum absolute atomic E-state index is 0.547. The molecule has 0 saturated carbocycles. The average molecular weight is 214 g/mol. The molecule has 0 bridgehead atoms. The van der Waals surface area contributed by atoms with Crippen molar-refractivity contribution in [3.05, 3.63) is 16.6 Å². The molecule has 1 rings (SSSR count). The van der Waals surface area contributed by atoms with E-state index >= 15 is 0 Å². The number of nitrogens with zero attached hydrogens (tertiary/aromatic N) is 1. The Morgan fingerprint density at radius 1 is 1.64 bits per heavy atom. The van der Waals surface area contributed by atoms with Crippen molar-refractivity contribution in [2.45, 2.75) is 25.3 Å². The SMILES string of the molecule is CNC(CCCOC)Cc1cncs1. The molecule has 1 aromatic rings. The third kappa shape index (κ3) is 4.17. The first kappa shape index (κ1) is 11.6. The molecule has 1 aromatic heterocycles. The summed E-state index contributed by atoms with van der Waals surface area (Å²) in [7, 11) is 3.76. The molecule has 0 aliphatic rings. The summed E-state index contributed by atoms with van der Waals surface area (Å²) in [6.45, 7) is 0.848. The fourth-order valence-electron chi connectivity index (χ4n) is 1.41. The summed E-state index contributed by atoms with van der Waals surface area (Å²) in [6.07, 6.45) is 5.29. The molecule has 0 fully saturated rings. The fraction of sp³-hybridized carbons (Fsp3) is 0.700. The number of hydrogen-bond donors (Lipinski definition) is 1. The van der Waals surface area contributed by atoms with Crippen LogP contribution in [-0.4, -0.2) is 31.8 Å². The summed E-state index contributed by atoms with van der Waals surface area (Å²) in [6, 6.07) is 0.547. The van der Waals surface area contributed by atoms with Gasteiger partial charge in [-0.15, -0.1) is 11.3 Å². The van der Waals surface area contributed by atoms with Gasteiger partial charge in [0, 0.05) is 30.8 Å². The van der Waals surface area contributed by atoms with Crippen LogP contribution in [-0.2, 0) is 11.2 Å². The van der Waals surface area contributed by atoms with E-state index in [1.54, 1.807) is 18.4 Å². The minimum atomic E-state index is 0.547. The molecule has 14 heavy (non-hydrogen) atoms. The lowest BCUT2D eigenvalue weighted by atomic mass is 10.1. The molecular weight excluding hydrogens is 196 g/mol. The summed E-state index contributed by atoms with van der Waals surface area (Å²) in [5.41, 5.74) is 1.89. The maximum atomic E-state index is 5.03. The Kier molecular flexibility index (Phi) is 5.75. The van der Waals surface area contributed by atoms with Crippen molar-refractivity contribution in [1.82, 2.24) is 10.3 Å². The molecule has 1 unspecified atom stereocenters. The van der Waals surface area contributed by atoms with E-state index in [-0.39, 0.29) is 0 Å². The van der Waals surface area contributed by atoms with Gasteiger partial charge in [0.15, 0.2) is 0 Å². The molecule has 0 aromatic carbocycles. The van der Waals surface area contributed by atoms with Crippen molar-refractivity contribution >= 4 is 11.3 Å². The van der Waals surface area contributed by atoms with Gasteiger partial charge in [0.1, 0.15) is 0 Å². The third-order valence-corrected chi connectivity index (χ3v) is 3.04. The third-order valence-electron chi connectivity index (χ3n) is 2.24. The van der Waals surface area contributed by atoms with E-state index in [0.29, 0.717) is 6.04 Å². The topological polar surface area (TPSA) is 34.1 Å². The molecular formula is C10H18N2OS. The zero-order valence-corrected chi connectivity index (χ0v) is 9.64. The molecule has 0 aliphatic carbocycles. The molecule has 1 N–H and O–H groups in total. The van der Waals surface area contributed by atoms with Gasteiger partial charge in [0.25, 0.3) is 0 Å². The summed E-state index contributed by atoms with van der Waals surface area (Å²) >= 11 is 1.72. The van der Waals surface area contributed by atoms with Crippen molar-refractivity contribution in [3.63, 3.8) is 0 Å². The van der Waals surface area contributed by atoms with Crippen LogP contribution < -0.4 is 5.32 Å². The van der Waals surface area contributed by atoms with E-state index in [9.17, 15) is 0 Å². The van der Waals surface area contributed by atoms with Gasteiger partial charge in [0.05, 0.1) is 5.51 Å². The summed E-state index contributed by atoms with van der Waals surface area (Å²) in [5.74, 6) is 0. The Labute approximate surface area is 89.5 Å². The second kappa shape index (κ2) is 6.92. The molecule has 0 amide bonds. The Bertz CT molecular complexity index is 226. The van der Waals surface area contributed by atoms with Crippen LogP contribution in [0.2, 0.25) is 0 Å². The van der Waals surface area contributed by atoms with Crippen molar-refractivity contribution in [2.24, 2.45) is 0 Å². The van der Waals surface area contributed by atoms with Crippen LogP contribution in [0.5, 0.6) is 0 Å². The quantitative estimate of drug-likeness (QED) is 0.702. The smallest absolute Gasteiger partial charge is 0.0794 e. The van der Waals surface area contributed by atoms with Crippen LogP contribution >= 0.6 is 11.3 Å². The van der Waals surface area contributed by atoms with E-state index in [2.05, 4.69) is 10.3 Å². The lowest BCUT2D eigenvalue weighted by molar-refractivity contribution is 0.189. The molecule has 0 spiro atoms. The molecule has 0 radical (unpaired) electrons. The van der Waals surface area contributed by atoms with Crippen LogP contribution in [0.3, 0.4) is 0 Å². The average Bonchev–Trinajstić information content (AvgIpc) is 2.69. The predicted molar refractivity (Wildman–Crippen MR) is 59.8 cm³/mol. The van der Waals surface area contributed by atoms with Crippen LogP contribution in [0.25, 0.3) is 0 Å². The molecule has 0 aliphatic heterocycles. The predicted octanol–water partition coefficient (Wildman–Crippen LogP) is 1.70. The van der Waals surface area contributed by atoms with Crippen LogP contribution in [0.15, 0.2) is 11.7 Å². The Morgan fingerprint density at radius 3 is 3.07 bits per heavy atom. The standard InChI is InChI=1S/C10H18N2OS/c1-11-9(4-3-5-13-2)6-10-7-12-8-14-10/h7-9,11H,3-6H2,1-2H3. The summed E-state index contributed by atoms with van der Waals surface area (Å²) in [4.78, 5) is 5.42. The summed E-state index contributed by atoms with van der Waals surface area (Å²) < 4.78 is 5.03. The van der Waals surface area contributed by atoms with Crippen LogP contribution in [0, 0.1) is 0 Å². The van der Waals surface area contributed by atoms with Gasteiger partial charge in [-0.2, -0.15) is 0 Å². The van der Waals surface area contributed by atoms with E-state index in [1.807, 2.05) is 18.8 Å². The zero-order valence-electron chi connectivity index (χ0n) is 8.82. The van der Waals surface area contributed by atoms with Crippen molar-refractivity contribution in [2.75, 3.05) is 20.8 Å². The lowest BCUT2D eigenvalue weighted by Crippen LogP contribution is -2.27. The van der Waals surface area contributed by atoms with Crippen molar-refractivity contribution < 1.29 is 4.74 Å². The van der Waals surface area contributed by atoms with Gasteiger partial charge in [-0.25, -0.2) is 0 Å². The second-order valence-electron chi connectivity index (χ2n) is 3.29. The van der Waals surface area contributed by atoms with E-state index < -0.39 is 0 Å². The molecule has 3 nitrogen and oxygen atoms in total. The van der Waals surface area contributed by atoms with Crippen molar-refractivity contribution in [3.8, 4) is 0 Å². The van der Waals surface area contributed by atoms with Crippen LogP contribution in [0.4, 0.5) is 0 Å². The van der Waals surface area contributed by atoms with Gasteiger partial charge in [-0.3, -0.25) is 4.98 Å². The molecule has 1 heterocycles. The summed E-state index contributed by atoms with van der Waals surface area (Å²) in [5, 5.41) is 3.32. The maximum Gasteiger partial charge on any atom is 0.0794 e. The first-order chi connectivity index (χ1) is 6.86. The number of methoxy groups -OCH3 is 1. The monoisotopic (exact) mass is 214 g/mol. The number of hydrogen-bond acceptors (Lipinski definition) is 4. The highest BCUT2D eigenvalue weighted by Gasteiger charge is 2.07. The zero-order chi connectivity index (χ0) is 10.2. The number of rotatable bonds is 7. The highest BCUT2D eigenvalue weighted by Crippen LogP contribution is 2.11. The van der Waals surface area contributed by atoms with E-state index in [1.165, 1.54) is 4.88 Å². The number of aromatic nitrogens is 1. The number of nitrogens with one attached hydrogen (secondary N) is 1. The minimum Gasteiger partial charge on any atom is -0.385 e. The van der Waals surface area contributed by atoms with Gasteiger partial charge < -0.3 is 10.1 Å². The second-order valence-corrected chi connectivity index (χ2v) is 4.26. The molecule has 0 saturated heterocycles. The molecule has 80 valence electrons. The Balaban J connectivity index is 2.24. The van der Waals surface area contributed by atoms with Gasteiger partial charge in [-0.1, -0.05) is 0 Å². The number of likely N-dealkylation sites (N-methyl/N-ethyl adjacent to an activating group) is 1. The lowest BCUT2D eigenvalue weighted by Gasteiger charge is -2.14. The largest absolute Gasteiger partial charge is 0.385 e. The normalized spacial score (nSPS) is 13.0. The Morgan fingerprint density at radius 2 is 2.50 bits per heavy atom. The first-order valence-corrected chi connectivity index (χ1v) is 5.78. The number of thiazole rings is 1. The highest BCUT2D eigenvalue weighted by atomic mass is 32.1. The van der Waals surface area contributed by atoms with Gasteiger partial charge >= 0.3 is 0 Å². The Hall–Kier alpha value is -0.450. The maximum absolute atomic E-state index is 5.03. The molecule has 4 heteroatoms. The van der Waals surface area contributed by atoms with Crippen LogP contribution in [0.1, 0.15) is 17.7 Å². The van der Waals surface area contributed by atoms with E-state index in [4.69, 9.17) is 4.74 Å². The van der Waals surface area contributed by atoms with E-state index in [0.717, 1.165) is 25.9 Å². The highest BCUT2D eigenvalue weighted by molar-refractivity contribution is 7.09. The fourth-order valence-corrected chi connectivity index (χ4v) is 2.08.